The molecule has 3 nitrogen and oxygen atoms in total. The minimum absolute atomic E-state index is 0.325. The molecule has 2 fully saturated rings. The number of aliphatic hydroxyl groups is 1. The molecule has 2 aliphatic rings. The number of benzene rings is 2. The number of hydrogen-bond acceptors (Lipinski definition) is 3. The van der Waals surface area contributed by atoms with Gasteiger partial charge < -0.3 is 15.1 Å². The van der Waals surface area contributed by atoms with Crippen LogP contribution in [0.1, 0.15) is 36.8 Å². The van der Waals surface area contributed by atoms with E-state index in [2.05, 4.69) is 24.0 Å². The third-order valence-electron chi connectivity index (χ3n) is 5.90. The van der Waals surface area contributed by atoms with Crippen LogP contribution in [0.5, 0.6) is 5.75 Å². The highest BCUT2D eigenvalue weighted by Crippen LogP contribution is 2.55. The molecule has 2 aromatic rings. The first kappa shape index (κ1) is 16.6. The molecule has 3 heteroatoms. The molecule has 1 atom stereocenters. The second kappa shape index (κ2) is 6.15. The van der Waals surface area contributed by atoms with Crippen LogP contribution in [0, 0.1) is 5.41 Å². The fraction of sp³-hybridized carbons (Fsp3) is 0.455. The van der Waals surface area contributed by atoms with E-state index < -0.39 is 5.60 Å². The average Bonchev–Trinajstić information content (AvgIpc) is 2.53. The maximum atomic E-state index is 10.8. The molecule has 1 saturated heterocycles. The molecular weight excluding hydrogens is 310 g/mol. The molecule has 1 unspecified atom stereocenters. The van der Waals surface area contributed by atoms with E-state index in [0.717, 1.165) is 38.9 Å². The Hall–Kier alpha value is -1.84. The molecule has 0 amide bonds. The summed E-state index contributed by atoms with van der Waals surface area (Å²) in [4.78, 5) is 2.50. The van der Waals surface area contributed by atoms with Crippen molar-refractivity contribution in [2.75, 3.05) is 19.6 Å². The van der Waals surface area contributed by atoms with Gasteiger partial charge in [0.2, 0.25) is 0 Å². The average molecular weight is 337 g/mol. The lowest BCUT2D eigenvalue weighted by Gasteiger charge is -2.63. The summed E-state index contributed by atoms with van der Waals surface area (Å²) in [6.07, 6.45) is 2.64. The number of likely N-dealkylation sites (tertiary alicyclic amines) is 1. The van der Waals surface area contributed by atoms with E-state index in [1.54, 1.807) is 12.1 Å². The number of aromatic hydroxyl groups is 1. The van der Waals surface area contributed by atoms with Crippen molar-refractivity contribution in [3.05, 3.63) is 65.7 Å². The number of phenols is 1. The van der Waals surface area contributed by atoms with Gasteiger partial charge in [-0.2, -0.15) is 0 Å². The molecule has 25 heavy (non-hydrogen) atoms. The number of phenolic OH excluding ortho intramolecular Hbond substituents is 1. The summed E-state index contributed by atoms with van der Waals surface area (Å²) in [6, 6.07) is 17.9. The predicted octanol–water partition coefficient (Wildman–Crippen LogP) is 3.57. The van der Waals surface area contributed by atoms with Crippen LogP contribution >= 0.6 is 0 Å². The highest BCUT2D eigenvalue weighted by atomic mass is 16.3. The quantitative estimate of drug-likeness (QED) is 0.877. The topological polar surface area (TPSA) is 43.7 Å². The van der Waals surface area contributed by atoms with Gasteiger partial charge in [-0.3, -0.25) is 0 Å². The molecule has 1 heterocycles. The second-order valence-corrected chi connectivity index (χ2v) is 8.40. The summed E-state index contributed by atoms with van der Waals surface area (Å²) in [7, 11) is 0. The molecular formula is C22H27NO2. The third kappa shape index (κ3) is 3.44. The van der Waals surface area contributed by atoms with E-state index in [4.69, 9.17) is 0 Å². The first-order valence-electron chi connectivity index (χ1n) is 9.23. The minimum Gasteiger partial charge on any atom is -0.508 e. The summed E-state index contributed by atoms with van der Waals surface area (Å²) < 4.78 is 0. The van der Waals surface area contributed by atoms with Crippen molar-refractivity contribution < 1.29 is 10.2 Å². The highest BCUT2D eigenvalue weighted by molar-refractivity contribution is 5.28. The summed E-state index contributed by atoms with van der Waals surface area (Å²) in [5, 5.41) is 20.2. The maximum Gasteiger partial charge on any atom is 0.115 e. The Morgan fingerprint density at radius 3 is 2.28 bits per heavy atom. The SMILES string of the molecule is CC(CN1CC2(C1)CC(O)(Cc1ccccc1)C2)c1ccc(O)cc1. The number of nitrogens with zero attached hydrogens (tertiary/aromatic N) is 1. The molecule has 1 spiro atoms. The lowest BCUT2D eigenvalue weighted by Crippen LogP contribution is -2.68. The van der Waals surface area contributed by atoms with Crippen LogP contribution in [0.4, 0.5) is 0 Å². The summed E-state index contributed by atoms with van der Waals surface area (Å²) in [5.41, 5.74) is 2.35. The first-order valence-corrected chi connectivity index (χ1v) is 9.23. The van der Waals surface area contributed by atoms with Gasteiger partial charge in [0.05, 0.1) is 5.60 Å². The standard InChI is InChI=1S/C22H27NO2/c1-17(19-7-9-20(24)10-8-19)12-23-15-21(16-23)13-22(25,14-21)11-18-5-3-2-4-6-18/h2-10,17,24-25H,11-16H2,1H3. The van der Waals surface area contributed by atoms with Gasteiger partial charge in [-0.1, -0.05) is 49.4 Å². The molecule has 0 aromatic heterocycles. The fourth-order valence-corrected chi connectivity index (χ4v) is 5.00. The molecule has 1 saturated carbocycles. The largest absolute Gasteiger partial charge is 0.508 e. The van der Waals surface area contributed by atoms with Crippen molar-refractivity contribution in [2.24, 2.45) is 5.41 Å². The Balaban J connectivity index is 1.26. The van der Waals surface area contributed by atoms with Crippen molar-refractivity contribution in [1.82, 2.24) is 4.90 Å². The summed E-state index contributed by atoms with van der Waals surface area (Å²) in [6.45, 7) is 5.49. The van der Waals surface area contributed by atoms with Crippen LogP contribution in [0.2, 0.25) is 0 Å². The normalized spacial score (nSPS) is 22.2. The Morgan fingerprint density at radius 1 is 1.00 bits per heavy atom. The molecule has 132 valence electrons. The van der Waals surface area contributed by atoms with Crippen LogP contribution < -0.4 is 0 Å². The fourth-order valence-electron chi connectivity index (χ4n) is 5.00. The number of rotatable bonds is 5. The number of hydrogen-bond donors (Lipinski definition) is 2. The van der Waals surface area contributed by atoms with Crippen molar-refractivity contribution in [1.29, 1.82) is 0 Å². The Bertz CT molecular complexity index is 711. The zero-order valence-corrected chi connectivity index (χ0v) is 14.9. The predicted molar refractivity (Wildman–Crippen MR) is 99.7 cm³/mol. The Labute approximate surface area is 149 Å². The van der Waals surface area contributed by atoms with Crippen molar-refractivity contribution >= 4 is 0 Å². The first-order chi connectivity index (χ1) is 12.0. The summed E-state index contributed by atoms with van der Waals surface area (Å²) in [5.74, 6) is 0.784. The van der Waals surface area contributed by atoms with Crippen molar-refractivity contribution in [3.8, 4) is 5.75 Å². The highest BCUT2D eigenvalue weighted by Gasteiger charge is 2.58. The molecule has 4 rings (SSSR count). The molecule has 2 aromatic carbocycles. The zero-order chi connectivity index (χ0) is 17.5. The molecule has 1 aliphatic heterocycles. The van der Waals surface area contributed by atoms with Gasteiger partial charge >= 0.3 is 0 Å². The van der Waals surface area contributed by atoms with Gasteiger partial charge in [0.15, 0.2) is 0 Å². The second-order valence-electron chi connectivity index (χ2n) is 8.40. The third-order valence-corrected chi connectivity index (χ3v) is 5.90. The van der Waals surface area contributed by atoms with Gasteiger partial charge in [0.25, 0.3) is 0 Å². The van der Waals surface area contributed by atoms with E-state index in [1.807, 2.05) is 30.3 Å². The smallest absolute Gasteiger partial charge is 0.115 e. The van der Waals surface area contributed by atoms with E-state index in [0.29, 0.717) is 17.1 Å². The van der Waals surface area contributed by atoms with Gasteiger partial charge in [0, 0.05) is 31.5 Å². The summed E-state index contributed by atoms with van der Waals surface area (Å²) >= 11 is 0. The van der Waals surface area contributed by atoms with Crippen LogP contribution in [0.3, 0.4) is 0 Å². The lowest BCUT2D eigenvalue weighted by atomic mass is 9.54. The van der Waals surface area contributed by atoms with E-state index in [9.17, 15) is 10.2 Å². The molecule has 0 bridgehead atoms. The Kier molecular flexibility index (Phi) is 4.09. The van der Waals surface area contributed by atoms with E-state index >= 15 is 0 Å². The zero-order valence-electron chi connectivity index (χ0n) is 14.9. The minimum atomic E-state index is -0.504. The van der Waals surface area contributed by atoms with Crippen LogP contribution in [-0.2, 0) is 6.42 Å². The van der Waals surface area contributed by atoms with Gasteiger partial charge in [0.1, 0.15) is 5.75 Å². The van der Waals surface area contributed by atoms with Gasteiger partial charge in [-0.25, -0.2) is 0 Å². The van der Waals surface area contributed by atoms with Crippen LogP contribution in [0.15, 0.2) is 54.6 Å². The molecule has 1 aliphatic carbocycles. The molecule has 0 radical (unpaired) electrons. The maximum absolute atomic E-state index is 10.8. The van der Waals surface area contributed by atoms with Gasteiger partial charge in [-0.15, -0.1) is 0 Å². The lowest BCUT2D eigenvalue weighted by molar-refractivity contribution is -0.189. The van der Waals surface area contributed by atoms with E-state index in [1.165, 1.54) is 11.1 Å². The van der Waals surface area contributed by atoms with Crippen LogP contribution in [0.25, 0.3) is 0 Å². The van der Waals surface area contributed by atoms with Crippen molar-refractivity contribution in [2.45, 2.75) is 37.7 Å². The van der Waals surface area contributed by atoms with Gasteiger partial charge in [-0.05, 0) is 42.0 Å². The Morgan fingerprint density at radius 2 is 1.64 bits per heavy atom. The van der Waals surface area contributed by atoms with Crippen molar-refractivity contribution in [3.63, 3.8) is 0 Å². The van der Waals surface area contributed by atoms with E-state index in [-0.39, 0.29) is 0 Å². The molecule has 2 N–H and O–H groups in total. The monoisotopic (exact) mass is 337 g/mol. The van der Waals surface area contributed by atoms with Crippen LogP contribution in [-0.4, -0.2) is 40.3 Å².